The van der Waals surface area contributed by atoms with Crippen LogP contribution in [0.1, 0.15) is 19.4 Å². The number of benzene rings is 3. The van der Waals surface area contributed by atoms with Crippen LogP contribution >= 0.6 is 0 Å². The van der Waals surface area contributed by atoms with Gasteiger partial charge in [0.15, 0.2) is 0 Å². The lowest BCUT2D eigenvalue weighted by Crippen LogP contribution is -1.81. The molecular weight excluding hydrogens is 264 g/mol. The molecule has 0 aliphatic rings. The van der Waals surface area contributed by atoms with Gasteiger partial charge in [0.2, 0.25) is 0 Å². The van der Waals surface area contributed by atoms with Crippen molar-refractivity contribution in [3.05, 3.63) is 90.0 Å². The molecule has 22 heavy (non-hydrogen) atoms. The Balaban J connectivity index is 1.97. The molecule has 0 aliphatic carbocycles. The summed E-state index contributed by atoms with van der Waals surface area (Å²) in [6.07, 6.45) is 6.41. The molecule has 0 atom stereocenters. The van der Waals surface area contributed by atoms with Crippen LogP contribution in [0.3, 0.4) is 0 Å². The minimum Gasteiger partial charge on any atom is -0.0847 e. The second-order valence-electron chi connectivity index (χ2n) is 5.51. The summed E-state index contributed by atoms with van der Waals surface area (Å²) in [5.41, 5.74) is 5.05. The summed E-state index contributed by atoms with van der Waals surface area (Å²) in [4.78, 5) is 0. The molecule has 0 aromatic heterocycles. The van der Waals surface area contributed by atoms with Crippen molar-refractivity contribution >= 4 is 16.8 Å². The van der Waals surface area contributed by atoms with Gasteiger partial charge < -0.3 is 0 Å². The molecule has 0 heteroatoms. The first-order valence-electron chi connectivity index (χ1n) is 7.67. The smallest absolute Gasteiger partial charge is 0.0105 e. The van der Waals surface area contributed by atoms with Crippen molar-refractivity contribution in [3.63, 3.8) is 0 Å². The monoisotopic (exact) mass is 284 g/mol. The normalized spacial score (nSPS) is 12.2. The van der Waals surface area contributed by atoms with Crippen molar-refractivity contribution in [1.82, 2.24) is 0 Å². The highest BCUT2D eigenvalue weighted by Gasteiger charge is 2.02. The Kier molecular flexibility index (Phi) is 4.20. The predicted molar refractivity (Wildman–Crippen MR) is 97.8 cm³/mol. The molecule has 3 aromatic rings. The first-order chi connectivity index (χ1) is 10.8. The van der Waals surface area contributed by atoms with Crippen molar-refractivity contribution in [2.75, 3.05) is 0 Å². The molecule has 0 saturated heterocycles. The third-order valence-corrected chi connectivity index (χ3v) is 4.01. The van der Waals surface area contributed by atoms with Crippen LogP contribution in [0.15, 0.2) is 84.5 Å². The molecule has 3 rings (SSSR count). The third-order valence-electron chi connectivity index (χ3n) is 4.01. The predicted octanol–water partition coefficient (Wildman–Crippen LogP) is 6.49. The summed E-state index contributed by atoms with van der Waals surface area (Å²) < 4.78 is 0. The highest BCUT2D eigenvalue weighted by Crippen LogP contribution is 2.28. The van der Waals surface area contributed by atoms with Crippen LogP contribution in [0.5, 0.6) is 0 Å². The summed E-state index contributed by atoms with van der Waals surface area (Å²) in [6, 6.07) is 23.8. The second-order valence-corrected chi connectivity index (χ2v) is 5.51. The maximum Gasteiger partial charge on any atom is -0.0105 e. The number of fused-ring (bicyclic) bond motifs is 1. The minimum absolute atomic E-state index is 1.23. The quantitative estimate of drug-likeness (QED) is 0.482. The standard InChI is InChI=1S/C22H20/c1-3-17(2)11-12-18-13-15-20(16-14-18)22-10-6-8-19-7-4-5-9-21(19)22/h3-16H,1-2H3/b12-11+,17-3+. The van der Waals surface area contributed by atoms with Gasteiger partial charge in [-0.2, -0.15) is 0 Å². The van der Waals surface area contributed by atoms with Crippen LogP contribution < -0.4 is 0 Å². The topological polar surface area (TPSA) is 0 Å². The molecule has 108 valence electrons. The minimum atomic E-state index is 1.23. The molecular formula is C22H20. The molecule has 0 unspecified atom stereocenters. The lowest BCUT2D eigenvalue weighted by molar-refractivity contribution is 1.48. The van der Waals surface area contributed by atoms with Gasteiger partial charge in [0.1, 0.15) is 0 Å². The lowest BCUT2D eigenvalue weighted by atomic mass is 9.97. The molecule has 0 aliphatic heterocycles. The van der Waals surface area contributed by atoms with Crippen LogP contribution in [-0.4, -0.2) is 0 Å². The summed E-state index contributed by atoms with van der Waals surface area (Å²) in [5.74, 6) is 0. The average molecular weight is 284 g/mol. The summed E-state index contributed by atoms with van der Waals surface area (Å²) >= 11 is 0. The summed E-state index contributed by atoms with van der Waals surface area (Å²) in [5, 5.41) is 2.59. The number of rotatable bonds is 3. The Morgan fingerprint density at radius 3 is 2.32 bits per heavy atom. The summed E-state index contributed by atoms with van der Waals surface area (Å²) in [7, 11) is 0. The fraction of sp³-hybridized carbons (Fsp3) is 0.0909. The van der Waals surface area contributed by atoms with Gasteiger partial charge in [-0.05, 0) is 41.3 Å². The highest BCUT2D eigenvalue weighted by atomic mass is 14.1. The zero-order valence-electron chi connectivity index (χ0n) is 13.1. The van der Waals surface area contributed by atoms with Gasteiger partial charge in [-0.1, -0.05) is 90.5 Å². The van der Waals surface area contributed by atoms with E-state index >= 15 is 0 Å². The Morgan fingerprint density at radius 1 is 0.818 bits per heavy atom. The zero-order valence-corrected chi connectivity index (χ0v) is 13.1. The van der Waals surface area contributed by atoms with Crippen LogP contribution in [0.4, 0.5) is 0 Å². The third kappa shape index (κ3) is 3.01. The van der Waals surface area contributed by atoms with E-state index in [0.29, 0.717) is 0 Å². The average Bonchev–Trinajstić information content (AvgIpc) is 2.59. The Bertz CT molecular complexity index is 828. The molecule has 0 fully saturated rings. The molecule has 0 heterocycles. The van der Waals surface area contributed by atoms with E-state index in [1.54, 1.807) is 0 Å². The fourth-order valence-electron chi connectivity index (χ4n) is 2.57. The largest absolute Gasteiger partial charge is 0.0847 e. The zero-order chi connectivity index (χ0) is 15.4. The molecule has 0 saturated carbocycles. The first-order valence-corrected chi connectivity index (χ1v) is 7.67. The molecule has 0 N–H and O–H groups in total. The van der Waals surface area contributed by atoms with Crippen LogP contribution in [0, 0.1) is 0 Å². The lowest BCUT2D eigenvalue weighted by Gasteiger charge is -2.07. The van der Waals surface area contributed by atoms with E-state index in [9.17, 15) is 0 Å². The second kappa shape index (κ2) is 6.44. The van der Waals surface area contributed by atoms with E-state index < -0.39 is 0 Å². The Morgan fingerprint density at radius 2 is 1.55 bits per heavy atom. The van der Waals surface area contributed by atoms with E-state index in [2.05, 4.69) is 98.8 Å². The van der Waals surface area contributed by atoms with Crippen molar-refractivity contribution in [2.24, 2.45) is 0 Å². The van der Waals surface area contributed by atoms with Gasteiger partial charge >= 0.3 is 0 Å². The molecule has 3 aromatic carbocycles. The maximum atomic E-state index is 2.20. The van der Waals surface area contributed by atoms with E-state index in [0.717, 1.165) is 0 Å². The van der Waals surface area contributed by atoms with Gasteiger partial charge in [-0.15, -0.1) is 0 Å². The molecule has 0 spiro atoms. The van der Waals surface area contributed by atoms with E-state index in [-0.39, 0.29) is 0 Å². The molecule has 0 amide bonds. The van der Waals surface area contributed by atoms with Crippen molar-refractivity contribution in [2.45, 2.75) is 13.8 Å². The van der Waals surface area contributed by atoms with E-state index in [4.69, 9.17) is 0 Å². The van der Waals surface area contributed by atoms with Crippen LogP contribution in [-0.2, 0) is 0 Å². The number of hydrogen-bond donors (Lipinski definition) is 0. The fourth-order valence-corrected chi connectivity index (χ4v) is 2.57. The summed E-state index contributed by atoms with van der Waals surface area (Å²) in [6.45, 7) is 4.17. The first kappa shape index (κ1) is 14.3. The van der Waals surface area contributed by atoms with Gasteiger partial charge in [-0.25, -0.2) is 0 Å². The van der Waals surface area contributed by atoms with Crippen LogP contribution in [0.2, 0.25) is 0 Å². The Labute approximate surface area is 132 Å². The van der Waals surface area contributed by atoms with Crippen LogP contribution in [0.25, 0.3) is 28.0 Å². The van der Waals surface area contributed by atoms with E-state index in [1.807, 2.05) is 0 Å². The number of allylic oxidation sites excluding steroid dienone is 3. The highest BCUT2D eigenvalue weighted by molar-refractivity contribution is 5.96. The SMILES string of the molecule is C/C=C(C)/C=C/c1ccc(-c2cccc3ccccc23)cc1. The van der Waals surface area contributed by atoms with Gasteiger partial charge in [0, 0.05) is 0 Å². The number of hydrogen-bond acceptors (Lipinski definition) is 0. The Hall–Kier alpha value is -2.60. The maximum absolute atomic E-state index is 2.20. The van der Waals surface area contributed by atoms with Crippen molar-refractivity contribution in [1.29, 1.82) is 0 Å². The van der Waals surface area contributed by atoms with Crippen molar-refractivity contribution in [3.8, 4) is 11.1 Å². The molecule has 0 nitrogen and oxygen atoms in total. The van der Waals surface area contributed by atoms with Gasteiger partial charge in [0.05, 0.1) is 0 Å². The molecule has 0 radical (unpaired) electrons. The van der Waals surface area contributed by atoms with Gasteiger partial charge in [0.25, 0.3) is 0 Å². The molecule has 0 bridgehead atoms. The van der Waals surface area contributed by atoms with Crippen molar-refractivity contribution < 1.29 is 0 Å². The van der Waals surface area contributed by atoms with E-state index in [1.165, 1.54) is 33.0 Å². The van der Waals surface area contributed by atoms with Gasteiger partial charge in [-0.3, -0.25) is 0 Å².